The van der Waals surface area contributed by atoms with Crippen molar-refractivity contribution in [1.82, 2.24) is 0 Å². The van der Waals surface area contributed by atoms with Crippen molar-refractivity contribution in [2.75, 3.05) is 13.7 Å². The normalized spacial score (nSPS) is 10.2. The van der Waals surface area contributed by atoms with Gasteiger partial charge in [-0.05, 0) is 6.42 Å². The zero-order valence-electron chi connectivity index (χ0n) is 14.0. The lowest BCUT2D eigenvalue weighted by molar-refractivity contribution is -0.00852. The van der Waals surface area contributed by atoms with Crippen LogP contribution in [0.15, 0.2) is 30.3 Å². The van der Waals surface area contributed by atoms with Gasteiger partial charge in [-0.25, -0.2) is 0 Å². The Morgan fingerprint density at radius 2 is 1.19 bits per heavy atom. The van der Waals surface area contributed by atoms with E-state index < -0.39 is 0 Å². The molecule has 0 heterocycles. The molecule has 0 fully saturated rings. The summed E-state index contributed by atoms with van der Waals surface area (Å²) in [7, 11) is 2.11. The summed E-state index contributed by atoms with van der Waals surface area (Å²) in [6.45, 7) is 3.38. The Bertz CT molecular complexity index is 313. The van der Waals surface area contributed by atoms with Crippen LogP contribution < -0.4 is 12.4 Å². The fourth-order valence-corrected chi connectivity index (χ4v) is 2.58. The highest BCUT2D eigenvalue weighted by Gasteiger charge is 2.04. The van der Waals surface area contributed by atoms with Gasteiger partial charge in [0, 0.05) is 18.6 Å². The molecule has 0 unspecified atom stereocenters. The van der Waals surface area contributed by atoms with Gasteiger partial charge in [0.15, 0.2) is 13.7 Å². The molecule has 0 amide bonds. The van der Waals surface area contributed by atoms with Gasteiger partial charge in [-0.2, -0.15) is 0 Å². The molecule has 2 heteroatoms. The molecule has 0 saturated carbocycles. The monoisotopic (exact) mass is 312 g/mol. The van der Waals surface area contributed by atoms with Crippen LogP contribution in [0.5, 0.6) is 5.75 Å². The van der Waals surface area contributed by atoms with E-state index in [2.05, 4.69) is 48.7 Å². The smallest absolute Gasteiger partial charge is 0.255 e. The van der Waals surface area contributed by atoms with Crippen molar-refractivity contribution in [2.45, 2.75) is 71.1 Å². The third-order valence-corrected chi connectivity index (χ3v) is 3.95. The largest absolute Gasteiger partial charge is 1.00 e. The minimum absolute atomic E-state index is 0. The van der Waals surface area contributed by atoms with Crippen LogP contribution in [0.3, 0.4) is 0 Å². The maximum atomic E-state index is 3.19. The minimum atomic E-state index is 0. The third-order valence-electron chi connectivity index (χ3n) is 3.95. The zero-order chi connectivity index (χ0) is 14.5. The summed E-state index contributed by atoms with van der Waals surface area (Å²) in [6, 6.07) is 10.6. The predicted octanol–water partition coefficient (Wildman–Crippen LogP) is 3.51. The maximum Gasteiger partial charge on any atom is 0.255 e. The number of hydrogen-bond donors (Lipinski definition) is 0. The van der Waals surface area contributed by atoms with Gasteiger partial charge in [0.05, 0.1) is 0 Å². The van der Waals surface area contributed by atoms with Crippen LogP contribution in [0.1, 0.15) is 71.1 Å². The van der Waals surface area contributed by atoms with Gasteiger partial charge in [0.1, 0.15) is 0 Å². The van der Waals surface area contributed by atoms with Gasteiger partial charge < -0.3 is 16.8 Å². The molecule has 122 valence electrons. The van der Waals surface area contributed by atoms with Crippen LogP contribution in [0.4, 0.5) is 0 Å². The molecule has 1 rings (SSSR count). The summed E-state index contributed by atoms with van der Waals surface area (Å²) in [5, 5.41) is 0. The van der Waals surface area contributed by atoms with Crippen LogP contribution in [0.25, 0.3) is 0 Å². The van der Waals surface area contributed by atoms with Gasteiger partial charge in [0.25, 0.3) is 5.75 Å². The molecule has 1 aromatic carbocycles. The van der Waals surface area contributed by atoms with E-state index in [0.29, 0.717) is 0 Å². The lowest BCUT2D eigenvalue weighted by Crippen LogP contribution is -3.00. The number of rotatable bonds is 12. The van der Waals surface area contributed by atoms with E-state index in [-0.39, 0.29) is 12.4 Å². The van der Waals surface area contributed by atoms with Gasteiger partial charge in [-0.15, -0.1) is 0 Å². The van der Waals surface area contributed by atoms with Gasteiger partial charge in [0.2, 0.25) is 0 Å². The molecule has 0 aliphatic heterocycles. The molecule has 0 saturated heterocycles. The van der Waals surface area contributed by atoms with E-state index in [0.717, 1.165) is 6.61 Å². The van der Waals surface area contributed by atoms with E-state index in [1.54, 1.807) is 0 Å². The standard InChI is InChI=1S/C19H33O.ClH/c1-3-4-5-6-7-8-9-10-11-15-18-20(2)19-16-13-12-14-17-19;/h12-14,16-17H,3-11,15,18H2,1-2H3;1H/q+1;/p-1. The Labute approximate surface area is 138 Å². The molecule has 21 heavy (non-hydrogen) atoms. The summed E-state index contributed by atoms with van der Waals surface area (Å²) in [5.41, 5.74) is 0. The first-order valence-corrected chi connectivity index (χ1v) is 8.52. The topological polar surface area (TPSA) is 2.70 Å². The first-order chi connectivity index (χ1) is 9.84. The minimum Gasteiger partial charge on any atom is -1.00 e. The fourth-order valence-electron chi connectivity index (χ4n) is 2.58. The van der Waals surface area contributed by atoms with Crippen LogP contribution in [0, 0.1) is 0 Å². The van der Waals surface area contributed by atoms with Gasteiger partial charge in [-0.3, -0.25) is 0 Å². The van der Waals surface area contributed by atoms with E-state index in [1.165, 1.54) is 70.0 Å². The van der Waals surface area contributed by atoms with Crippen molar-refractivity contribution in [1.29, 1.82) is 0 Å². The average molecular weight is 313 g/mol. The molecule has 1 nitrogen and oxygen atoms in total. The highest BCUT2D eigenvalue weighted by molar-refractivity contribution is 5.21. The summed E-state index contributed by atoms with van der Waals surface area (Å²) >= 11 is 0. The second-order valence-corrected chi connectivity index (χ2v) is 5.84. The van der Waals surface area contributed by atoms with Gasteiger partial charge >= 0.3 is 0 Å². The quantitative estimate of drug-likeness (QED) is 0.410. The van der Waals surface area contributed by atoms with Crippen molar-refractivity contribution < 1.29 is 16.8 Å². The molecule has 0 atom stereocenters. The molecular formula is C19H33ClO. The molecule has 0 N–H and O–H groups in total. The Morgan fingerprint density at radius 1 is 0.714 bits per heavy atom. The highest BCUT2D eigenvalue weighted by atomic mass is 35.5. The third kappa shape index (κ3) is 10.6. The lowest BCUT2D eigenvalue weighted by Gasteiger charge is -2.18. The van der Waals surface area contributed by atoms with Crippen molar-refractivity contribution >= 4 is 0 Å². The number of hydrogen-bond acceptors (Lipinski definition) is 0. The first kappa shape index (κ1) is 20.3. The Kier molecular flexibility index (Phi) is 13.8. The van der Waals surface area contributed by atoms with E-state index in [9.17, 15) is 0 Å². The number of halogens is 1. The molecular weight excluding hydrogens is 280 g/mol. The van der Waals surface area contributed by atoms with Crippen LogP contribution in [0.2, 0.25) is 0 Å². The number of para-hydroxylation sites is 1. The molecule has 0 bridgehead atoms. The summed E-state index contributed by atoms with van der Waals surface area (Å²) in [5.74, 6) is 1.25. The SMILES string of the molecule is CCCCCCCCCCCC[O+](C)c1ccccc1.[Cl-]. The maximum absolute atomic E-state index is 3.19. The second-order valence-electron chi connectivity index (χ2n) is 5.84. The number of benzene rings is 1. The molecule has 0 spiro atoms. The summed E-state index contributed by atoms with van der Waals surface area (Å²) in [6.07, 6.45) is 14.0. The van der Waals surface area contributed by atoms with Crippen LogP contribution in [-0.2, 0) is 4.37 Å². The van der Waals surface area contributed by atoms with Crippen molar-refractivity contribution in [3.05, 3.63) is 30.3 Å². The first-order valence-electron chi connectivity index (χ1n) is 8.52. The van der Waals surface area contributed by atoms with Crippen molar-refractivity contribution in [3.63, 3.8) is 0 Å². The molecule has 0 aromatic heterocycles. The van der Waals surface area contributed by atoms with E-state index in [1.807, 2.05) is 0 Å². The summed E-state index contributed by atoms with van der Waals surface area (Å²) < 4.78 is 3.19. The zero-order valence-corrected chi connectivity index (χ0v) is 14.7. The summed E-state index contributed by atoms with van der Waals surface area (Å²) in [4.78, 5) is 0. The molecule has 0 aliphatic rings. The Hall–Kier alpha value is -0.690. The second kappa shape index (κ2) is 14.3. The van der Waals surface area contributed by atoms with Crippen LogP contribution >= 0.6 is 0 Å². The number of unbranched alkanes of at least 4 members (excludes halogenated alkanes) is 9. The van der Waals surface area contributed by atoms with Crippen LogP contribution in [-0.4, -0.2) is 13.7 Å². The lowest BCUT2D eigenvalue weighted by atomic mass is 10.1. The molecule has 0 radical (unpaired) electrons. The predicted molar refractivity (Wildman–Crippen MR) is 89.6 cm³/mol. The van der Waals surface area contributed by atoms with Crippen molar-refractivity contribution in [2.24, 2.45) is 0 Å². The van der Waals surface area contributed by atoms with E-state index in [4.69, 9.17) is 0 Å². The highest BCUT2D eigenvalue weighted by Crippen LogP contribution is 2.21. The Morgan fingerprint density at radius 3 is 1.71 bits per heavy atom. The molecule has 1 aromatic rings. The van der Waals surface area contributed by atoms with E-state index >= 15 is 0 Å². The average Bonchev–Trinajstić information content (AvgIpc) is 2.50. The molecule has 0 aliphatic carbocycles. The van der Waals surface area contributed by atoms with Gasteiger partial charge in [-0.1, -0.05) is 76.5 Å². The fraction of sp³-hybridized carbons (Fsp3) is 0.684. The Balaban J connectivity index is 0.00000400. The van der Waals surface area contributed by atoms with Crippen molar-refractivity contribution in [3.8, 4) is 5.75 Å².